The Hall–Kier alpha value is -3.41. The lowest BCUT2D eigenvalue weighted by molar-refractivity contribution is -0.116. The fraction of sp³-hybridized carbons (Fsp3) is 0.227. The fourth-order valence-corrected chi connectivity index (χ4v) is 2.96. The van der Waals surface area contributed by atoms with E-state index in [9.17, 15) is 9.59 Å². The minimum Gasteiger partial charge on any atom is -0.329 e. The number of anilines is 1. The van der Waals surface area contributed by atoms with Crippen molar-refractivity contribution in [2.45, 2.75) is 20.3 Å². The fourth-order valence-electron chi connectivity index (χ4n) is 2.96. The van der Waals surface area contributed by atoms with Crippen LogP contribution in [0.15, 0.2) is 67.0 Å². The summed E-state index contributed by atoms with van der Waals surface area (Å²) < 4.78 is 1.73. The van der Waals surface area contributed by atoms with Crippen molar-refractivity contribution < 1.29 is 9.59 Å². The Morgan fingerprint density at radius 2 is 1.82 bits per heavy atom. The summed E-state index contributed by atoms with van der Waals surface area (Å²) in [4.78, 5) is 27.0. The summed E-state index contributed by atoms with van der Waals surface area (Å²) in [5.41, 5.74) is 3.17. The highest BCUT2D eigenvalue weighted by molar-refractivity contribution is 5.99. The molecule has 2 amide bonds. The summed E-state index contributed by atoms with van der Waals surface area (Å²) in [6.45, 7) is 4.45. The molecule has 0 radical (unpaired) electrons. The third kappa shape index (κ3) is 4.65. The Morgan fingerprint density at radius 1 is 1.07 bits per heavy atom. The first-order chi connectivity index (χ1) is 13.6. The van der Waals surface area contributed by atoms with Crippen LogP contribution < -0.4 is 5.32 Å². The van der Waals surface area contributed by atoms with Gasteiger partial charge in [-0.25, -0.2) is 4.68 Å². The van der Waals surface area contributed by atoms with Crippen molar-refractivity contribution in [3.63, 3.8) is 0 Å². The van der Waals surface area contributed by atoms with Gasteiger partial charge < -0.3 is 10.2 Å². The number of nitrogens with zero attached hydrogens (tertiary/aromatic N) is 3. The van der Waals surface area contributed by atoms with E-state index in [-0.39, 0.29) is 18.4 Å². The minimum atomic E-state index is -0.204. The smallest absolute Gasteiger partial charge is 0.254 e. The molecule has 6 heteroatoms. The zero-order chi connectivity index (χ0) is 19.9. The summed E-state index contributed by atoms with van der Waals surface area (Å²) in [5, 5.41) is 7.07. The quantitative estimate of drug-likeness (QED) is 0.684. The third-order valence-electron chi connectivity index (χ3n) is 4.42. The van der Waals surface area contributed by atoms with Crippen LogP contribution in [0.5, 0.6) is 0 Å². The Kier molecular flexibility index (Phi) is 6.22. The molecule has 1 N–H and O–H groups in total. The van der Waals surface area contributed by atoms with Gasteiger partial charge in [0, 0.05) is 30.2 Å². The molecular weight excluding hydrogens is 352 g/mol. The Bertz CT molecular complexity index is 933. The molecule has 28 heavy (non-hydrogen) atoms. The van der Waals surface area contributed by atoms with Gasteiger partial charge in [-0.1, -0.05) is 25.1 Å². The van der Waals surface area contributed by atoms with Crippen LogP contribution in [0.4, 0.5) is 5.69 Å². The molecule has 6 nitrogen and oxygen atoms in total. The number of aryl methyl sites for hydroxylation is 1. The van der Waals surface area contributed by atoms with Crippen LogP contribution in [0.1, 0.15) is 29.3 Å². The van der Waals surface area contributed by atoms with Gasteiger partial charge in [0.05, 0.1) is 5.69 Å². The molecule has 0 aliphatic heterocycles. The van der Waals surface area contributed by atoms with Gasteiger partial charge in [0.15, 0.2) is 0 Å². The standard InChI is InChI=1S/C22H24N4O2/c1-3-14-25(16-21(27)24-20-8-5-4-7-17(20)2)22(28)18-9-11-19(12-10-18)26-15-6-13-23-26/h4-13,15H,3,14,16H2,1-2H3,(H,24,27). The van der Waals surface area contributed by atoms with Crippen molar-refractivity contribution in [3.8, 4) is 5.69 Å². The highest BCUT2D eigenvalue weighted by Gasteiger charge is 2.18. The molecule has 1 heterocycles. The predicted molar refractivity (Wildman–Crippen MR) is 110 cm³/mol. The van der Waals surface area contributed by atoms with Crippen LogP contribution in [0.25, 0.3) is 5.69 Å². The largest absolute Gasteiger partial charge is 0.329 e. The molecule has 0 unspecified atom stereocenters. The number of carbonyl (C=O) groups excluding carboxylic acids is 2. The van der Waals surface area contributed by atoms with Crippen LogP contribution >= 0.6 is 0 Å². The van der Waals surface area contributed by atoms with Crippen LogP contribution in [-0.2, 0) is 4.79 Å². The number of amides is 2. The molecule has 0 spiro atoms. The van der Waals surface area contributed by atoms with Crippen molar-refractivity contribution in [2.75, 3.05) is 18.4 Å². The Labute approximate surface area is 164 Å². The lowest BCUT2D eigenvalue weighted by Gasteiger charge is -2.22. The average Bonchev–Trinajstić information content (AvgIpc) is 3.24. The summed E-state index contributed by atoms with van der Waals surface area (Å²) in [7, 11) is 0. The highest BCUT2D eigenvalue weighted by atomic mass is 16.2. The second-order valence-corrected chi connectivity index (χ2v) is 6.59. The van der Waals surface area contributed by atoms with E-state index >= 15 is 0 Å². The van der Waals surface area contributed by atoms with Crippen LogP contribution in [0.2, 0.25) is 0 Å². The molecule has 0 atom stereocenters. The molecule has 0 bridgehead atoms. The van der Waals surface area contributed by atoms with Gasteiger partial charge >= 0.3 is 0 Å². The van der Waals surface area contributed by atoms with E-state index in [0.717, 1.165) is 23.4 Å². The summed E-state index contributed by atoms with van der Waals surface area (Å²) in [5.74, 6) is -0.363. The number of rotatable bonds is 7. The molecule has 1 aromatic heterocycles. The zero-order valence-electron chi connectivity index (χ0n) is 16.1. The number of para-hydroxylation sites is 1. The Balaban J connectivity index is 1.69. The molecule has 3 aromatic rings. The number of carbonyl (C=O) groups is 2. The van der Waals surface area contributed by atoms with E-state index in [0.29, 0.717) is 12.1 Å². The van der Waals surface area contributed by atoms with Crippen LogP contribution in [-0.4, -0.2) is 39.6 Å². The topological polar surface area (TPSA) is 67.2 Å². The van der Waals surface area contributed by atoms with Crippen LogP contribution in [0, 0.1) is 6.92 Å². The van der Waals surface area contributed by atoms with E-state index in [4.69, 9.17) is 0 Å². The van der Waals surface area contributed by atoms with Gasteiger partial charge in [0.25, 0.3) is 5.91 Å². The van der Waals surface area contributed by atoms with Crippen molar-refractivity contribution in [1.82, 2.24) is 14.7 Å². The first-order valence-electron chi connectivity index (χ1n) is 9.33. The summed E-state index contributed by atoms with van der Waals surface area (Å²) in [6.07, 6.45) is 4.32. The first kappa shape index (κ1) is 19.4. The number of benzene rings is 2. The normalized spacial score (nSPS) is 10.5. The zero-order valence-corrected chi connectivity index (χ0v) is 16.1. The van der Waals surface area contributed by atoms with E-state index < -0.39 is 0 Å². The van der Waals surface area contributed by atoms with Crippen molar-refractivity contribution in [1.29, 1.82) is 0 Å². The monoisotopic (exact) mass is 376 g/mol. The molecule has 3 rings (SSSR count). The predicted octanol–water partition coefficient (Wildman–Crippen LogP) is 3.67. The molecule has 0 saturated carbocycles. The second-order valence-electron chi connectivity index (χ2n) is 6.59. The second kappa shape index (κ2) is 8.99. The number of nitrogens with one attached hydrogen (secondary N) is 1. The molecule has 2 aromatic carbocycles. The molecule has 0 saturated heterocycles. The SMILES string of the molecule is CCCN(CC(=O)Nc1ccccc1C)C(=O)c1ccc(-n2cccn2)cc1. The molecule has 0 aliphatic rings. The lowest BCUT2D eigenvalue weighted by Crippen LogP contribution is -2.38. The van der Waals surface area contributed by atoms with Gasteiger partial charge in [-0.05, 0) is 55.3 Å². The molecule has 0 fully saturated rings. The summed E-state index contributed by atoms with van der Waals surface area (Å²) >= 11 is 0. The number of aromatic nitrogens is 2. The van der Waals surface area contributed by atoms with Gasteiger partial charge in [-0.2, -0.15) is 5.10 Å². The number of hydrogen-bond acceptors (Lipinski definition) is 3. The van der Waals surface area contributed by atoms with Gasteiger partial charge in [-0.15, -0.1) is 0 Å². The van der Waals surface area contributed by atoms with E-state index in [1.807, 2.05) is 62.5 Å². The van der Waals surface area contributed by atoms with E-state index in [2.05, 4.69) is 10.4 Å². The highest BCUT2D eigenvalue weighted by Crippen LogP contribution is 2.14. The average molecular weight is 376 g/mol. The maximum absolute atomic E-state index is 12.9. The summed E-state index contributed by atoms with van der Waals surface area (Å²) in [6, 6.07) is 16.6. The van der Waals surface area contributed by atoms with Crippen LogP contribution in [0.3, 0.4) is 0 Å². The van der Waals surface area contributed by atoms with Gasteiger partial charge in [0.1, 0.15) is 6.54 Å². The maximum Gasteiger partial charge on any atom is 0.254 e. The number of hydrogen-bond donors (Lipinski definition) is 1. The Morgan fingerprint density at radius 3 is 2.46 bits per heavy atom. The van der Waals surface area contributed by atoms with Crippen molar-refractivity contribution in [3.05, 3.63) is 78.1 Å². The first-order valence-corrected chi connectivity index (χ1v) is 9.33. The van der Waals surface area contributed by atoms with Gasteiger partial charge in [-0.3, -0.25) is 9.59 Å². The van der Waals surface area contributed by atoms with E-state index in [1.165, 1.54) is 0 Å². The maximum atomic E-state index is 12.9. The molecular formula is C22H24N4O2. The van der Waals surface area contributed by atoms with E-state index in [1.54, 1.807) is 27.9 Å². The molecule has 144 valence electrons. The van der Waals surface area contributed by atoms with Crippen molar-refractivity contribution in [2.24, 2.45) is 0 Å². The van der Waals surface area contributed by atoms with Gasteiger partial charge in [0.2, 0.25) is 5.91 Å². The lowest BCUT2D eigenvalue weighted by atomic mass is 10.1. The minimum absolute atomic E-state index is 0.0158. The third-order valence-corrected chi connectivity index (χ3v) is 4.42. The van der Waals surface area contributed by atoms with Crippen molar-refractivity contribution >= 4 is 17.5 Å². The molecule has 0 aliphatic carbocycles.